The van der Waals surface area contributed by atoms with Crippen LogP contribution in [0.3, 0.4) is 0 Å². The van der Waals surface area contributed by atoms with Gasteiger partial charge >= 0.3 is 0 Å². The van der Waals surface area contributed by atoms with Crippen molar-refractivity contribution in [1.29, 1.82) is 0 Å². The molecule has 96 valence electrons. The van der Waals surface area contributed by atoms with Crippen molar-refractivity contribution in [2.75, 3.05) is 40.0 Å². The molecule has 4 nitrogen and oxygen atoms in total. The second kappa shape index (κ2) is 7.22. The summed E-state index contributed by atoms with van der Waals surface area (Å²) in [5.74, 6) is 0.380. The van der Waals surface area contributed by atoms with Crippen LogP contribution < -0.4 is 5.32 Å². The zero-order valence-electron chi connectivity index (χ0n) is 10.5. The lowest BCUT2D eigenvalue weighted by Crippen LogP contribution is -2.40. The van der Waals surface area contributed by atoms with Gasteiger partial charge in [0.2, 0.25) is 0 Å². The Morgan fingerprint density at radius 2 is 2.06 bits per heavy atom. The molecule has 16 heavy (non-hydrogen) atoms. The predicted molar refractivity (Wildman–Crippen MR) is 63.5 cm³/mol. The van der Waals surface area contributed by atoms with E-state index in [1.54, 1.807) is 7.11 Å². The average molecular weight is 231 g/mol. The summed E-state index contributed by atoms with van der Waals surface area (Å²) in [4.78, 5) is 0. The summed E-state index contributed by atoms with van der Waals surface area (Å²) in [5, 5.41) is 13.6. The van der Waals surface area contributed by atoms with Crippen LogP contribution >= 0.6 is 0 Å². The largest absolute Gasteiger partial charge is 0.390 e. The molecule has 0 aromatic heterocycles. The quantitative estimate of drug-likeness (QED) is 0.636. The molecule has 1 aliphatic heterocycles. The second-order valence-electron chi connectivity index (χ2n) is 4.74. The minimum absolute atomic E-state index is 0.380. The molecular formula is C12H25NO3. The van der Waals surface area contributed by atoms with Crippen LogP contribution in [-0.2, 0) is 9.47 Å². The first-order valence-corrected chi connectivity index (χ1v) is 6.16. The van der Waals surface area contributed by atoms with E-state index in [-0.39, 0.29) is 0 Å². The first kappa shape index (κ1) is 13.9. The van der Waals surface area contributed by atoms with E-state index in [1.807, 2.05) is 6.92 Å². The minimum atomic E-state index is -0.566. The molecule has 0 radical (unpaired) electrons. The minimum Gasteiger partial charge on any atom is -0.390 e. The van der Waals surface area contributed by atoms with Gasteiger partial charge < -0.3 is 19.9 Å². The van der Waals surface area contributed by atoms with Crippen LogP contribution in [0, 0.1) is 5.92 Å². The maximum Gasteiger partial charge on any atom is 0.0661 e. The third-order valence-corrected chi connectivity index (χ3v) is 3.39. The molecule has 2 N–H and O–H groups in total. The first-order valence-electron chi connectivity index (χ1n) is 6.16. The van der Waals surface area contributed by atoms with Gasteiger partial charge in [0.25, 0.3) is 0 Å². The van der Waals surface area contributed by atoms with Crippen molar-refractivity contribution in [2.45, 2.75) is 31.8 Å². The normalized spacial score (nSPS) is 21.9. The molecule has 0 amide bonds. The van der Waals surface area contributed by atoms with E-state index in [0.717, 1.165) is 52.2 Å². The number of rotatable bonds is 7. The van der Waals surface area contributed by atoms with E-state index < -0.39 is 5.60 Å². The number of aliphatic hydroxyl groups is 1. The Labute approximate surface area is 98.3 Å². The van der Waals surface area contributed by atoms with Crippen LogP contribution in [0.1, 0.15) is 26.2 Å². The Morgan fingerprint density at radius 1 is 1.38 bits per heavy atom. The van der Waals surface area contributed by atoms with Crippen LogP contribution in [0.4, 0.5) is 0 Å². The van der Waals surface area contributed by atoms with E-state index in [4.69, 9.17) is 9.47 Å². The number of ether oxygens (including phenoxy) is 2. The standard InChI is InChI=1S/C12H25NO3/c1-12(14,5-6-13-7-10-15-2)11-3-8-16-9-4-11/h11,13-14H,3-10H2,1-2H3. The highest BCUT2D eigenvalue weighted by atomic mass is 16.5. The molecule has 0 aromatic carbocycles. The maximum atomic E-state index is 10.4. The molecule has 1 heterocycles. The van der Waals surface area contributed by atoms with Crippen molar-refractivity contribution in [3.8, 4) is 0 Å². The Balaban J connectivity index is 2.16. The van der Waals surface area contributed by atoms with Crippen LogP contribution in [-0.4, -0.2) is 50.7 Å². The van der Waals surface area contributed by atoms with Crippen molar-refractivity contribution >= 4 is 0 Å². The summed E-state index contributed by atoms with van der Waals surface area (Å²) in [5.41, 5.74) is -0.566. The molecule has 0 aromatic rings. The van der Waals surface area contributed by atoms with Crippen LogP contribution in [0.5, 0.6) is 0 Å². The predicted octanol–water partition coefficient (Wildman–Crippen LogP) is 0.790. The molecule has 1 rings (SSSR count). The van der Waals surface area contributed by atoms with Gasteiger partial charge in [-0.25, -0.2) is 0 Å². The summed E-state index contributed by atoms with van der Waals surface area (Å²) >= 11 is 0. The second-order valence-corrected chi connectivity index (χ2v) is 4.74. The molecule has 0 bridgehead atoms. The zero-order chi connectivity index (χ0) is 11.9. The van der Waals surface area contributed by atoms with Gasteiger partial charge in [0.05, 0.1) is 12.2 Å². The van der Waals surface area contributed by atoms with Gasteiger partial charge in [0.15, 0.2) is 0 Å². The van der Waals surface area contributed by atoms with Gasteiger partial charge in [-0.2, -0.15) is 0 Å². The van der Waals surface area contributed by atoms with Gasteiger partial charge in [0.1, 0.15) is 0 Å². The third-order valence-electron chi connectivity index (χ3n) is 3.39. The molecule has 1 unspecified atom stereocenters. The summed E-state index contributed by atoms with van der Waals surface area (Å²) in [6, 6.07) is 0. The van der Waals surface area contributed by atoms with Gasteiger partial charge in [-0.05, 0) is 38.6 Å². The number of hydrogen-bond donors (Lipinski definition) is 2. The lowest BCUT2D eigenvalue weighted by Gasteiger charge is -2.35. The average Bonchev–Trinajstić information content (AvgIpc) is 2.30. The summed E-state index contributed by atoms with van der Waals surface area (Å²) in [6.45, 7) is 5.93. The number of methoxy groups -OCH3 is 1. The highest BCUT2D eigenvalue weighted by Crippen LogP contribution is 2.29. The van der Waals surface area contributed by atoms with Gasteiger partial charge in [-0.15, -0.1) is 0 Å². The maximum absolute atomic E-state index is 10.4. The van der Waals surface area contributed by atoms with Crippen molar-refractivity contribution in [3.05, 3.63) is 0 Å². The molecule has 0 saturated carbocycles. The Morgan fingerprint density at radius 3 is 2.69 bits per heavy atom. The van der Waals surface area contributed by atoms with Crippen molar-refractivity contribution in [2.24, 2.45) is 5.92 Å². The molecule has 0 aliphatic carbocycles. The topological polar surface area (TPSA) is 50.7 Å². The molecule has 4 heteroatoms. The summed E-state index contributed by atoms with van der Waals surface area (Å²) in [6.07, 6.45) is 2.75. The monoisotopic (exact) mass is 231 g/mol. The smallest absolute Gasteiger partial charge is 0.0661 e. The molecular weight excluding hydrogens is 206 g/mol. The third kappa shape index (κ3) is 4.78. The van der Waals surface area contributed by atoms with Gasteiger partial charge in [-0.1, -0.05) is 0 Å². The van der Waals surface area contributed by atoms with Crippen LogP contribution in [0.15, 0.2) is 0 Å². The van der Waals surface area contributed by atoms with E-state index >= 15 is 0 Å². The number of nitrogens with one attached hydrogen (secondary N) is 1. The van der Waals surface area contributed by atoms with E-state index in [0.29, 0.717) is 5.92 Å². The Hall–Kier alpha value is -0.160. The molecule has 1 aliphatic rings. The molecule has 1 saturated heterocycles. The van der Waals surface area contributed by atoms with E-state index in [1.165, 1.54) is 0 Å². The fourth-order valence-corrected chi connectivity index (χ4v) is 2.16. The van der Waals surface area contributed by atoms with Crippen LogP contribution in [0.2, 0.25) is 0 Å². The fraction of sp³-hybridized carbons (Fsp3) is 1.00. The van der Waals surface area contributed by atoms with Gasteiger partial charge in [0, 0.05) is 26.9 Å². The highest BCUT2D eigenvalue weighted by Gasteiger charge is 2.32. The summed E-state index contributed by atoms with van der Waals surface area (Å²) in [7, 11) is 1.69. The summed E-state index contributed by atoms with van der Waals surface area (Å²) < 4.78 is 10.3. The van der Waals surface area contributed by atoms with E-state index in [9.17, 15) is 5.11 Å². The highest BCUT2D eigenvalue weighted by molar-refractivity contribution is 4.84. The van der Waals surface area contributed by atoms with Crippen molar-refractivity contribution in [3.63, 3.8) is 0 Å². The van der Waals surface area contributed by atoms with Gasteiger partial charge in [-0.3, -0.25) is 0 Å². The molecule has 1 atom stereocenters. The Kier molecular flexibility index (Phi) is 6.28. The Bertz CT molecular complexity index is 179. The van der Waals surface area contributed by atoms with Crippen molar-refractivity contribution in [1.82, 2.24) is 5.32 Å². The zero-order valence-corrected chi connectivity index (χ0v) is 10.5. The van der Waals surface area contributed by atoms with E-state index in [2.05, 4.69) is 5.32 Å². The first-order chi connectivity index (χ1) is 7.67. The molecule has 0 spiro atoms. The SMILES string of the molecule is COCCNCCC(C)(O)C1CCOCC1. The lowest BCUT2D eigenvalue weighted by molar-refractivity contribution is -0.0578. The van der Waals surface area contributed by atoms with Crippen molar-refractivity contribution < 1.29 is 14.6 Å². The van der Waals surface area contributed by atoms with Crippen LogP contribution in [0.25, 0.3) is 0 Å². The lowest BCUT2D eigenvalue weighted by atomic mass is 9.81. The number of hydrogen-bond acceptors (Lipinski definition) is 4. The molecule has 1 fully saturated rings. The fourth-order valence-electron chi connectivity index (χ4n) is 2.16.